The van der Waals surface area contributed by atoms with Crippen LogP contribution in [-0.2, 0) is 23.9 Å². The number of hydrogen-bond acceptors (Lipinski definition) is 7. The molecule has 8 nitrogen and oxygen atoms in total. The van der Waals surface area contributed by atoms with Crippen LogP contribution in [0.15, 0.2) is 16.8 Å². The van der Waals surface area contributed by atoms with Crippen molar-refractivity contribution in [1.29, 1.82) is 0 Å². The van der Waals surface area contributed by atoms with Gasteiger partial charge in [0.2, 0.25) is 11.9 Å². The van der Waals surface area contributed by atoms with Crippen molar-refractivity contribution in [1.82, 2.24) is 10.6 Å². The van der Waals surface area contributed by atoms with E-state index in [-0.39, 0.29) is 25.5 Å². The highest BCUT2D eigenvalue weighted by Crippen LogP contribution is 2.05. The molecule has 0 aromatic carbocycles. The second-order valence-corrected chi connectivity index (χ2v) is 5.66. The highest BCUT2D eigenvalue weighted by atomic mass is 32.1. The zero-order chi connectivity index (χ0) is 18.7. The second kappa shape index (κ2) is 11.2. The summed E-state index contributed by atoms with van der Waals surface area (Å²) < 4.78 is 9.52. The Labute approximate surface area is 149 Å². The first-order valence-electron chi connectivity index (χ1n) is 7.92. The molecule has 9 heteroatoms. The van der Waals surface area contributed by atoms with Gasteiger partial charge in [-0.15, -0.1) is 0 Å². The molecule has 0 spiro atoms. The maximum atomic E-state index is 11.9. The molecular weight excluding hydrogens is 348 g/mol. The van der Waals surface area contributed by atoms with Crippen LogP contribution in [0.5, 0.6) is 0 Å². The van der Waals surface area contributed by atoms with Gasteiger partial charge in [-0.3, -0.25) is 9.59 Å². The maximum absolute atomic E-state index is 11.9. The Kier molecular flexibility index (Phi) is 9.23. The number of hydrogen-bond donors (Lipinski definition) is 2. The third-order valence-corrected chi connectivity index (χ3v) is 3.68. The maximum Gasteiger partial charge on any atom is 0.340 e. The molecule has 0 atom stereocenters. The number of carbonyl (C=O) groups is 4. The summed E-state index contributed by atoms with van der Waals surface area (Å²) >= 11 is 1.42. The molecule has 1 rings (SSSR count). The first-order chi connectivity index (χ1) is 12.0. The topological polar surface area (TPSA) is 111 Å². The highest BCUT2D eigenvalue weighted by Gasteiger charge is 2.30. The van der Waals surface area contributed by atoms with Gasteiger partial charge in [-0.1, -0.05) is 0 Å². The Morgan fingerprint density at radius 3 is 2.28 bits per heavy atom. The lowest BCUT2D eigenvalue weighted by Crippen LogP contribution is -2.48. The molecule has 25 heavy (non-hydrogen) atoms. The van der Waals surface area contributed by atoms with Crippen LogP contribution in [0.25, 0.3) is 0 Å². The second-order valence-electron chi connectivity index (χ2n) is 4.88. The summed E-state index contributed by atoms with van der Waals surface area (Å²) in [7, 11) is 0. The van der Waals surface area contributed by atoms with Crippen molar-refractivity contribution in [2.75, 3.05) is 19.8 Å². The summed E-state index contributed by atoms with van der Waals surface area (Å²) in [5, 5.41) is 8.51. The van der Waals surface area contributed by atoms with Crippen LogP contribution in [0.2, 0.25) is 0 Å². The Hall–Kier alpha value is -2.42. The third kappa shape index (κ3) is 7.34. The van der Waals surface area contributed by atoms with Gasteiger partial charge in [-0.2, -0.15) is 11.3 Å². The zero-order valence-electron chi connectivity index (χ0n) is 14.2. The van der Waals surface area contributed by atoms with Crippen molar-refractivity contribution >= 4 is 35.1 Å². The van der Waals surface area contributed by atoms with E-state index < -0.39 is 23.9 Å². The van der Waals surface area contributed by atoms with Gasteiger partial charge in [0, 0.05) is 23.9 Å². The molecular formula is C16H22N2O6S. The average molecular weight is 370 g/mol. The van der Waals surface area contributed by atoms with E-state index in [4.69, 9.17) is 9.47 Å². The van der Waals surface area contributed by atoms with E-state index in [1.807, 2.05) is 0 Å². The molecule has 1 aromatic rings. The van der Waals surface area contributed by atoms with Crippen molar-refractivity contribution < 1.29 is 28.7 Å². The van der Waals surface area contributed by atoms with E-state index in [1.165, 1.54) is 11.3 Å². The minimum absolute atomic E-state index is 0.0409. The molecule has 138 valence electrons. The standard InChI is InChI=1S/C16H22N2O6S/c1-3-23-15(21)13(16(22)24-4-2)18-12(19)6-5-8-17-14(20)11-7-9-25-10-11/h7,9-10,13H,3-6,8H2,1-2H3,(H,17,20)(H,18,19). The smallest absolute Gasteiger partial charge is 0.340 e. The summed E-state index contributed by atoms with van der Waals surface area (Å²) in [4.78, 5) is 47.1. The van der Waals surface area contributed by atoms with Gasteiger partial charge in [0.15, 0.2) is 0 Å². The molecule has 0 saturated heterocycles. The Morgan fingerprint density at radius 2 is 1.76 bits per heavy atom. The van der Waals surface area contributed by atoms with Gasteiger partial charge < -0.3 is 20.1 Å². The summed E-state index contributed by atoms with van der Waals surface area (Å²) in [5.41, 5.74) is 0.569. The number of esters is 2. The largest absolute Gasteiger partial charge is 0.464 e. The Bertz CT molecular complexity index is 569. The summed E-state index contributed by atoms with van der Waals surface area (Å²) in [6, 6.07) is 0.225. The fourth-order valence-electron chi connectivity index (χ4n) is 1.85. The first kappa shape index (κ1) is 20.6. The van der Waals surface area contributed by atoms with Crippen molar-refractivity contribution in [3.05, 3.63) is 22.4 Å². The van der Waals surface area contributed by atoms with Crippen LogP contribution in [0.4, 0.5) is 0 Å². The van der Waals surface area contributed by atoms with Crippen LogP contribution in [0, 0.1) is 0 Å². The zero-order valence-corrected chi connectivity index (χ0v) is 15.0. The minimum Gasteiger partial charge on any atom is -0.464 e. The predicted octanol–water partition coefficient (Wildman–Crippen LogP) is 0.869. The fraction of sp³-hybridized carbons (Fsp3) is 0.500. The van der Waals surface area contributed by atoms with Crippen LogP contribution in [0.1, 0.15) is 37.0 Å². The summed E-state index contributed by atoms with van der Waals surface area (Å²) in [6.07, 6.45) is 0.402. The lowest BCUT2D eigenvalue weighted by molar-refractivity contribution is -0.159. The predicted molar refractivity (Wildman–Crippen MR) is 91.1 cm³/mol. The molecule has 0 unspecified atom stereocenters. The van der Waals surface area contributed by atoms with Crippen LogP contribution >= 0.6 is 11.3 Å². The van der Waals surface area contributed by atoms with E-state index in [2.05, 4.69) is 10.6 Å². The third-order valence-electron chi connectivity index (χ3n) is 3.00. The van der Waals surface area contributed by atoms with E-state index in [0.29, 0.717) is 18.5 Å². The number of carbonyl (C=O) groups excluding carboxylic acids is 4. The molecule has 0 radical (unpaired) electrons. The van der Waals surface area contributed by atoms with Crippen LogP contribution in [-0.4, -0.2) is 49.6 Å². The SMILES string of the molecule is CCOC(=O)C(NC(=O)CCCNC(=O)c1ccsc1)C(=O)OCC. The van der Waals surface area contributed by atoms with E-state index in [9.17, 15) is 19.2 Å². The molecule has 0 bridgehead atoms. The highest BCUT2D eigenvalue weighted by molar-refractivity contribution is 7.08. The Balaban J connectivity index is 2.39. The molecule has 0 fully saturated rings. The van der Waals surface area contributed by atoms with Crippen molar-refractivity contribution in [3.63, 3.8) is 0 Å². The van der Waals surface area contributed by atoms with Gasteiger partial charge in [0.1, 0.15) is 0 Å². The molecule has 1 heterocycles. The monoisotopic (exact) mass is 370 g/mol. The lowest BCUT2D eigenvalue weighted by Gasteiger charge is -2.15. The van der Waals surface area contributed by atoms with Gasteiger partial charge in [0.05, 0.1) is 13.2 Å². The van der Waals surface area contributed by atoms with E-state index in [0.717, 1.165) is 0 Å². The number of amides is 2. The van der Waals surface area contributed by atoms with Crippen molar-refractivity contribution in [2.24, 2.45) is 0 Å². The van der Waals surface area contributed by atoms with E-state index in [1.54, 1.807) is 30.7 Å². The lowest BCUT2D eigenvalue weighted by atomic mass is 10.2. The van der Waals surface area contributed by atoms with Crippen LogP contribution in [0.3, 0.4) is 0 Å². The van der Waals surface area contributed by atoms with Crippen LogP contribution < -0.4 is 10.6 Å². The molecule has 2 amide bonds. The average Bonchev–Trinajstić information content (AvgIpc) is 3.11. The normalized spacial score (nSPS) is 10.2. The minimum atomic E-state index is -1.48. The van der Waals surface area contributed by atoms with Crippen molar-refractivity contribution in [2.45, 2.75) is 32.7 Å². The number of thiophene rings is 1. The Morgan fingerprint density at radius 1 is 1.12 bits per heavy atom. The van der Waals surface area contributed by atoms with Gasteiger partial charge in [0.25, 0.3) is 5.91 Å². The molecule has 0 aliphatic carbocycles. The summed E-state index contributed by atoms with van der Waals surface area (Å²) in [5.74, 6) is -2.44. The fourth-order valence-corrected chi connectivity index (χ4v) is 2.48. The molecule has 1 aromatic heterocycles. The number of ether oxygens (including phenoxy) is 2. The summed E-state index contributed by atoms with van der Waals surface area (Å²) in [6.45, 7) is 3.65. The quantitative estimate of drug-likeness (QED) is 0.359. The first-order valence-corrected chi connectivity index (χ1v) is 8.86. The number of nitrogens with one attached hydrogen (secondary N) is 2. The molecule has 0 aliphatic rings. The van der Waals surface area contributed by atoms with Crippen molar-refractivity contribution in [3.8, 4) is 0 Å². The number of rotatable bonds is 10. The van der Waals surface area contributed by atoms with E-state index >= 15 is 0 Å². The van der Waals surface area contributed by atoms with Gasteiger partial charge in [-0.25, -0.2) is 9.59 Å². The van der Waals surface area contributed by atoms with Gasteiger partial charge >= 0.3 is 11.9 Å². The van der Waals surface area contributed by atoms with Gasteiger partial charge in [-0.05, 0) is 31.7 Å². The molecule has 0 aliphatic heterocycles. The molecule has 2 N–H and O–H groups in total. The molecule has 0 saturated carbocycles.